The van der Waals surface area contributed by atoms with Crippen molar-refractivity contribution in [2.75, 3.05) is 11.1 Å². The number of para-hydroxylation sites is 1. The van der Waals surface area contributed by atoms with Crippen LogP contribution in [0.2, 0.25) is 0 Å². The molecule has 0 spiro atoms. The predicted molar refractivity (Wildman–Crippen MR) is 135 cm³/mol. The number of fused-ring (bicyclic) bond motifs is 1. The summed E-state index contributed by atoms with van der Waals surface area (Å²) < 4.78 is 1.56. The van der Waals surface area contributed by atoms with Crippen molar-refractivity contribution < 1.29 is 5.11 Å². The van der Waals surface area contributed by atoms with Crippen molar-refractivity contribution in [1.82, 2.24) is 24.5 Å². The van der Waals surface area contributed by atoms with Crippen LogP contribution in [0.5, 0.6) is 0 Å². The molecule has 1 atom stereocenters. The molecule has 0 bridgehead atoms. The molecule has 0 saturated heterocycles. The molecular formula is C25H24N8O2. The zero-order chi connectivity index (χ0) is 25.1. The molecule has 10 heteroatoms. The number of hydrogen-bond donors (Lipinski definition) is 4. The van der Waals surface area contributed by atoms with Crippen LogP contribution in [0, 0.1) is 31.1 Å². The molecule has 5 N–H and O–H groups in total. The molecule has 0 aliphatic carbocycles. The Hall–Kier alpha value is -4.62. The van der Waals surface area contributed by atoms with Gasteiger partial charge in [-0.15, -0.1) is 0 Å². The Morgan fingerprint density at radius 2 is 1.97 bits per heavy atom. The molecule has 0 amide bonds. The quantitative estimate of drug-likeness (QED) is 0.256. The molecule has 0 radical (unpaired) electrons. The molecule has 35 heavy (non-hydrogen) atoms. The number of nitrogens with two attached hydrogens (primary N) is 1. The number of benzene rings is 1. The number of hydrogen-bond acceptors (Lipinski definition) is 9. The van der Waals surface area contributed by atoms with E-state index in [4.69, 9.17) is 11.1 Å². The summed E-state index contributed by atoms with van der Waals surface area (Å²) in [6, 6.07) is 9.32. The van der Waals surface area contributed by atoms with Crippen LogP contribution in [-0.4, -0.2) is 41.4 Å². The predicted octanol–water partition coefficient (Wildman–Crippen LogP) is 2.13. The molecule has 0 fully saturated rings. The maximum atomic E-state index is 13.6. The Balaban J connectivity index is 1.83. The monoisotopic (exact) mass is 468 g/mol. The zero-order valence-corrected chi connectivity index (χ0v) is 19.5. The Bertz CT molecular complexity index is 1560. The molecule has 4 rings (SSSR count). The molecule has 176 valence electrons. The van der Waals surface area contributed by atoms with Gasteiger partial charge < -0.3 is 16.2 Å². The van der Waals surface area contributed by atoms with Crippen LogP contribution in [0.3, 0.4) is 0 Å². The minimum Gasteiger partial charge on any atom is -0.383 e. The third kappa shape index (κ3) is 4.71. The van der Waals surface area contributed by atoms with Crippen molar-refractivity contribution in [3.8, 4) is 17.5 Å². The van der Waals surface area contributed by atoms with Gasteiger partial charge in [-0.3, -0.25) is 14.8 Å². The second kappa shape index (κ2) is 9.70. The van der Waals surface area contributed by atoms with E-state index in [-0.39, 0.29) is 35.0 Å². The minimum absolute atomic E-state index is 0.0625. The van der Waals surface area contributed by atoms with Gasteiger partial charge in [0.2, 0.25) is 0 Å². The second-order valence-corrected chi connectivity index (χ2v) is 7.94. The van der Waals surface area contributed by atoms with Crippen molar-refractivity contribution in [3.63, 3.8) is 0 Å². The number of nitrogen functional groups attached to an aromatic ring is 1. The highest BCUT2D eigenvalue weighted by Crippen LogP contribution is 2.21. The minimum atomic E-state index is -0.904. The molecule has 3 aromatic heterocycles. The lowest BCUT2D eigenvalue weighted by Crippen LogP contribution is -2.27. The molecule has 0 saturated carbocycles. The first-order chi connectivity index (χ1) is 16.8. The fourth-order valence-electron chi connectivity index (χ4n) is 3.66. The molecule has 10 nitrogen and oxygen atoms in total. The molecular weight excluding hydrogens is 444 g/mol. The van der Waals surface area contributed by atoms with Gasteiger partial charge in [-0.1, -0.05) is 24.1 Å². The van der Waals surface area contributed by atoms with Crippen LogP contribution >= 0.6 is 0 Å². The lowest BCUT2D eigenvalue weighted by molar-refractivity contribution is 0.253. The SMILES string of the molecule is Cc1ccccc1-n1c(CNc2ncnc(N)c2C(=N)C#C[C@@H](C)O)nc2nccc(C)c2c1=O. The Morgan fingerprint density at radius 3 is 2.71 bits per heavy atom. The highest BCUT2D eigenvalue weighted by Gasteiger charge is 2.18. The largest absolute Gasteiger partial charge is 0.383 e. The van der Waals surface area contributed by atoms with E-state index in [9.17, 15) is 9.90 Å². The van der Waals surface area contributed by atoms with Gasteiger partial charge in [0.15, 0.2) is 5.65 Å². The van der Waals surface area contributed by atoms with Gasteiger partial charge in [0, 0.05) is 6.20 Å². The van der Waals surface area contributed by atoms with Crippen LogP contribution in [0.1, 0.15) is 29.4 Å². The van der Waals surface area contributed by atoms with E-state index in [1.807, 2.05) is 38.1 Å². The third-order valence-electron chi connectivity index (χ3n) is 5.35. The average Bonchev–Trinajstić information content (AvgIpc) is 2.82. The van der Waals surface area contributed by atoms with Crippen molar-refractivity contribution in [1.29, 1.82) is 5.41 Å². The molecule has 4 aromatic rings. The normalized spacial score (nSPS) is 11.5. The van der Waals surface area contributed by atoms with Crippen LogP contribution in [-0.2, 0) is 6.54 Å². The number of nitrogens with one attached hydrogen (secondary N) is 2. The topological polar surface area (TPSA) is 156 Å². The van der Waals surface area contributed by atoms with Gasteiger partial charge >= 0.3 is 0 Å². The maximum absolute atomic E-state index is 13.6. The van der Waals surface area contributed by atoms with Crippen LogP contribution in [0.25, 0.3) is 16.7 Å². The van der Waals surface area contributed by atoms with Gasteiger partial charge in [0.25, 0.3) is 5.56 Å². The Morgan fingerprint density at radius 1 is 1.20 bits per heavy atom. The van der Waals surface area contributed by atoms with Crippen LogP contribution < -0.4 is 16.6 Å². The van der Waals surface area contributed by atoms with E-state index in [1.54, 1.807) is 16.8 Å². The standard InChI is InChI=1S/C25H24N8O2/c1-14-6-4-5-7-18(14)33-19(32-24-20(25(33)35)15(2)10-11-28-24)12-29-23-21(22(27)30-13-31-23)17(26)9-8-16(3)34/h4-7,10-11,13,16,26,34H,12H2,1-3H3,(H3,27,29,30,31)/t16-/m1/s1. The molecule has 0 aliphatic heterocycles. The van der Waals surface area contributed by atoms with E-state index >= 15 is 0 Å². The summed E-state index contributed by atoms with van der Waals surface area (Å²) in [5, 5.41) is 21.3. The van der Waals surface area contributed by atoms with E-state index in [2.05, 4.69) is 37.1 Å². The van der Waals surface area contributed by atoms with Crippen molar-refractivity contribution in [2.24, 2.45) is 0 Å². The summed E-state index contributed by atoms with van der Waals surface area (Å²) in [6.45, 7) is 5.35. The van der Waals surface area contributed by atoms with E-state index in [1.165, 1.54) is 13.3 Å². The van der Waals surface area contributed by atoms with Crippen LogP contribution in [0.4, 0.5) is 11.6 Å². The number of aliphatic hydroxyl groups is 1. The number of pyridine rings is 1. The molecule has 0 unspecified atom stereocenters. The fraction of sp³-hybridized carbons (Fsp3) is 0.200. The molecule has 1 aromatic carbocycles. The number of aryl methyl sites for hydroxylation is 2. The van der Waals surface area contributed by atoms with E-state index < -0.39 is 6.10 Å². The van der Waals surface area contributed by atoms with E-state index in [0.717, 1.165) is 11.1 Å². The first kappa shape index (κ1) is 23.5. The van der Waals surface area contributed by atoms with Crippen LogP contribution in [0.15, 0.2) is 47.7 Å². The zero-order valence-electron chi connectivity index (χ0n) is 19.5. The summed E-state index contributed by atoms with van der Waals surface area (Å²) in [7, 11) is 0. The summed E-state index contributed by atoms with van der Waals surface area (Å²) in [4.78, 5) is 30.8. The molecule has 3 heterocycles. The third-order valence-corrected chi connectivity index (χ3v) is 5.35. The number of rotatable bonds is 5. The van der Waals surface area contributed by atoms with Crippen molar-refractivity contribution >= 4 is 28.4 Å². The van der Waals surface area contributed by atoms with Gasteiger partial charge in [0.1, 0.15) is 35.6 Å². The highest BCUT2D eigenvalue weighted by atomic mass is 16.3. The lowest BCUT2D eigenvalue weighted by Gasteiger charge is -2.17. The summed E-state index contributed by atoms with van der Waals surface area (Å²) in [5.41, 5.74) is 8.55. The smallest absolute Gasteiger partial charge is 0.267 e. The Kier molecular flexibility index (Phi) is 6.53. The Labute approximate surface area is 201 Å². The van der Waals surface area contributed by atoms with Gasteiger partial charge in [-0.2, -0.15) is 0 Å². The fourth-order valence-corrected chi connectivity index (χ4v) is 3.66. The second-order valence-electron chi connectivity index (χ2n) is 7.94. The summed E-state index contributed by atoms with van der Waals surface area (Å²) >= 11 is 0. The number of aliphatic hydroxyl groups excluding tert-OH is 1. The average molecular weight is 469 g/mol. The lowest BCUT2D eigenvalue weighted by atomic mass is 10.1. The number of aromatic nitrogens is 5. The molecule has 0 aliphatic rings. The highest BCUT2D eigenvalue weighted by molar-refractivity contribution is 6.16. The first-order valence-corrected chi connectivity index (χ1v) is 10.8. The number of nitrogens with zero attached hydrogens (tertiary/aromatic N) is 5. The van der Waals surface area contributed by atoms with Gasteiger partial charge in [0.05, 0.1) is 23.2 Å². The summed E-state index contributed by atoms with van der Waals surface area (Å²) in [5.74, 6) is 5.80. The van der Waals surface area contributed by atoms with E-state index in [0.29, 0.717) is 22.5 Å². The van der Waals surface area contributed by atoms with Crippen molar-refractivity contribution in [2.45, 2.75) is 33.4 Å². The van der Waals surface area contributed by atoms with Gasteiger partial charge in [-0.05, 0) is 50.0 Å². The first-order valence-electron chi connectivity index (χ1n) is 10.8. The summed E-state index contributed by atoms with van der Waals surface area (Å²) in [6.07, 6.45) is 1.98. The van der Waals surface area contributed by atoms with Crippen molar-refractivity contribution in [3.05, 3.63) is 75.7 Å². The maximum Gasteiger partial charge on any atom is 0.267 e. The van der Waals surface area contributed by atoms with Gasteiger partial charge in [-0.25, -0.2) is 19.9 Å². The number of anilines is 2.